The maximum absolute atomic E-state index is 12.6. The van der Waals surface area contributed by atoms with E-state index < -0.39 is 15.9 Å². The van der Waals surface area contributed by atoms with Gasteiger partial charge < -0.3 is 5.32 Å². The topological polar surface area (TPSA) is 88.2 Å². The summed E-state index contributed by atoms with van der Waals surface area (Å²) in [4.78, 5) is 17.3. The lowest BCUT2D eigenvalue weighted by atomic mass is 9.93. The molecule has 30 heavy (non-hydrogen) atoms. The summed E-state index contributed by atoms with van der Waals surface area (Å²) in [6.07, 6.45) is 0. The Kier molecular flexibility index (Phi) is 6.28. The zero-order chi connectivity index (χ0) is 21.9. The van der Waals surface area contributed by atoms with E-state index >= 15 is 0 Å². The van der Waals surface area contributed by atoms with Gasteiger partial charge in [0.05, 0.1) is 16.5 Å². The number of benzene rings is 2. The second kappa shape index (κ2) is 8.57. The van der Waals surface area contributed by atoms with E-state index in [1.807, 2.05) is 5.38 Å². The van der Waals surface area contributed by atoms with Crippen LogP contribution >= 0.6 is 11.3 Å². The summed E-state index contributed by atoms with van der Waals surface area (Å²) >= 11 is 1.40. The smallest absolute Gasteiger partial charge is 0.261 e. The Hall–Kier alpha value is -2.71. The lowest BCUT2D eigenvalue weighted by molar-refractivity contribution is -0.117. The first-order chi connectivity index (χ1) is 14.1. The Balaban J connectivity index is 1.66. The standard InChI is InChI=1S/C22H25N3O3S2/c1-15(20(26)24-21-23-19(14-29-21)22(2,3)4)16-10-12-17(13-11-16)25-30(27,28)18-8-6-5-7-9-18/h5-15,25H,1-4H3,(H,23,24,26). The number of hydrogen-bond acceptors (Lipinski definition) is 5. The van der Waals surface area contributed by atoms with E-state index in [0.717, 1.165) is 11.3 Å². The molecule has 3 rings (SSSR count). The maximum atomic E-state index is 12.6. The molecular formula is C22H25N3O3S2. The number of rotatable bonds is 6. The molecule has 0 bridgehead atoms. The molecular weight excluding hydrogens is 418 g/mol. The molecule has 0 radical (unpaired) electrons. The molecule has 8 heteroatoms. The fourth-order valence-electron chi connectivity index (χ4n) is 2.69. The van der Waals surface area contributed by atoms with Gasteiger partial charge in [0, 0.05) is 16.5 Å². The molecule has 0 spiro atoms. The van der Waals surface area contributed by atoms with Crippen molar-refractivity contribution >= 4 is 38.1 Å². The first-order valence-electron chi connectivity index (χ1n) is 9.51. The molecule has 1 atom stereocenters. The monoisotopic (exact) mass is 443 g/mol. The van der Waals surface area contributed by atoms with Crippen molar-refractivity contribution in [1.29, 1.82) is 0 Å². The molecule has 0 saturated heterocycles. The van der Waals surface area contributed by atoms with Crippen LogP contribution in [0.15, 0.2) is 64.9 Å². The highest BCUT2D eigenvalue weighted by Crippen LogP contribution is 2.27. The third-order valence-corrected chi connectivity index (χ3v) is 6.77. The van der Waals surface area contributed by atoms with Crippen LogP contribution in [0.5, 0.6) is 0 Å². The van der Waals surface area contributed by atoms with Gasteiger partial charge in [0.15, 0.2) is 5.13 Å². The van der Waals surface area contributed by atoms with Crippen LogP contribution in [-0.2, 0) is 20.2 Å². The Morgan fingerprint density at radius 1 is 1.03 bits per heavy atom. The van der Waals surface area contributed by atoms with Crippen LogP contribution in [0, 0.1) is 0 Å². The van der Waals surface area contributed by atoms with Crippen LogP contribution in [0.25, 0.3) is 0 Å². The van der Waals surface area contributed by atoms with Crippen molar-refractivity contribution < 1.29 is 13.2 Å². The minimum absolute atomic E-state index is 0.0754. The van der Waals surface area contributed by atoms with Gasteiger partial charge in [0.2, 0.25) is 5.91 Å². The molecule has 2 N–H and O–H groups in total. The van der Waals surface area contributed by atoms with E-state index in [1.54, 1.807) is 49.4 Å². The molecule has 1 amide bonds. The van der Waals surface area contributed by atoms with E-state index in [2.05, 4.69) is 35.8 Å². The number of aromatic nitrogens is 1. The highest BCUT2D eigenvalue weighted by Gasteiger charge is 2.21. The number of amides is 1. The first kappa shape index (κ1) is 22.0. The molecule has 2 aromatic carbocycles. The van der Waals surface area contributed by atoms with Crippen molar-refractivity contribution in [2.75, 3.05) is 10.0 Å². The molecule has 1 unspecified atom stereocenters. The van der Waals surface area contributed by atoms with Crippen LogP contribution in [0.4, 0.5) is 10.8 Å². The average molecular weight is 444 g/mol. The van der Waals surface area contributed by atoms with Crippen LogP contribution in [-0.4, -0.2) is 19.3 Å². The summed E-state index contributed by atoms with van der Waals surface area (Å²) in [6, 6.07) is 15.0. The van der Waals surface area contributed by atoms with Crippen LogP contribution in [0.1, 0.15) is 44.9 Å². The van der Waals surface area contributed by atoms with Gasteiger partial charge in [0.25, 0.3) is 10.0 Å². The molecule has 0 aliphatic carbocycles. The maximum Gasteiger partial charge on any atom is 0.261 e. The highest BCUT2D eigenvalue weighted by molar-refractivity contribution is 7.92. The lowest BCUT2D eigenvalue weighted by Crippen LogP contribution is -2.19. The molecule has 1 heterocycles. The number of hydrogen-bond donors (Lipinski definition) is 2. The van der Waals surface area contributed by atoms with Gasteiger partial charge in [-0.1, -0.05) is 51.1 Å². The molecule has 158 valence electrons. The van der Waals surface area contributed by atoms with Gasteiger partial charge in [-0.2, -0.15) is 0 Å². The van der Waals surface area contributed by atoms with Crippen molar-refractivity contribution in [3.63, 3.8) is 0 Å². The second-order valence-corrected chi connectivity index (χ2v) is 10.6. The minimum atomic E-state index is -3.65. The molecule has 0 fully saturated rings. The van der Waals surface area contributed by atoms with Gasteiger partial charge in [-0.15, -0.1) is 11.3 Å². The van der Waals surface area contributed by atoms with Gasteiger partial charge in [-0.3, -0.25) is 9.52 Å². The van der Waals surface area contributed by atoms with Crippen LogP contribution in [0.3, 0.4) is 0 Å². The number of nitrogens with one attached hydrogen (secondary N) is 2. The zero-order valence-corrected chi connectivity index (χ0v) is 19.0. The number of thiazole rings is 1. The molecule has 0 aliphatic rings. The van der Waals surface area contributed by atoms with Crippen molar-refractivity contribution in [2.45, 2.75) is 43.9 Å². The molecule has 0 aliphatic heterocycles. The average Bonchev–Trinajstić information content (AvgIpc) is 3.17. The zero-order valence-electron chi connectivity index (χ0n) is 17.3. The predicted octanol–water partition coefficient (Wildman–Crippen LogP) is 4.98. The van der Waals surface area contributed by atoms with Gasteiger partial charge in [0.1, 0.15) is 0 Å². The first-order valence-corrected chi connectivity index (χ1v) is 11.9. The van der Waals surface area contributed by atoms with E-state index in [4.69, 9.17) is 0 Å². The minimum Gasteiger partial charge on any atom is -0.301 e. The van der Waals surface area contributed by atoms with Crippen molar-refractivity contribution in [3.8, 4) is 0 Å². The predicted molar refractivity (Wildman–Crippen MR) is 122 cm³/mol. The Morgan fingerprint density at radius 3 is 2.23 bits per heavy atom. The number of carbonyl (C=O) groups is 1. The van der Waals surface area contributed by atoms with Crippen LogP contribution < -0.4 is 10.0 Å². The molecule has 1 aromatic heterocycles. The van der Waals surface area contributed by atoms with E-state index in [1.165, 1.54) is 23.5 Å². The summed E-state index contributed by atoms with van der Waals surface area (Å²) < 4.78 is 27.4. The summed E-state index contributed by atoms with van der Waals surface area (Å²) in [5.41, 5.74) is 2.08. The quantitative estimate of drug-likeness (QED) is 0.562. The molecule has 6 nitrogen and oxygen atoms in total. The fraction of sp³-hybridized carbons (Fsp3) is 0.273. The van der Waals surface area contributed by atoms with Crippen molar-refractivity contribution in [2.24, 2.45) is 0 Å². The highest BCUT2D eigenvalue weighted by atomic mass is 32.2. The van der Waals surface area contributed by atoms with E-state index in [9.17, 15) is 13.2 Å². The number of sulfonamides is 1. The SMILES string of the molecule is CC(C(=O)Nc1nc(C(C)(C)C)cs1)c1ccc(NS(=O)(=O)c2ccccc2)cc1. The largest absolute Gasteiger partial charge is 0.301 e. The van der Waals surface area contributed by atoms with E-state index in [-0.39, 0.29) is 16.2 Å². The normalized spacial score (nSPS) is 12.9. The van der Waals surface area contributed by atoms with Crippen molar-refractivity contribution in [1.82, 2.24) is 4.98 Å². The summed E-state index contributed by atoms with van der Waals surface area (Å²) in [7, 11) is -3.65. The molecule has 3 aromatic rings. The van der Waals surface area contributed by atoms with E-state index in [0.29, 0.717) is 10.8 Å². The Labute approximate surface area is 181 Å². The fourth-order valence-corrected chi connectivity index (χ4v) is 4.71. The summed E-state index contributed by atoms with van der Waals surface area (Å²) in [6.45, 7) is 8.02. The third-order valence-electron chi connectivity index (χ3n) is 4.61. The number of anilines is 2. The van der Waals surface area contributed by atoms with Crippen molar-refractivity contribution in [3.05, 3.63) is 71.2 Å². The summed E-state index contributed by atoms with van der Waals surface area (Å²) in [5.74, 6) is -0.575. The van der Waals surface area contributed by atoms with Gasteiger partial charge in [-0.25, -0.2) is 13.4 Å². The second-order valence-electron chi connectivity index (χ2n) is 8.04. The number of nitrogens with zero attached hydrogens (tertiary/aromatic N) is 1. The Morgan fingerprint density at radius 2 is 1.67 bits per heavy atom. The Bertz CT molecular complexity index is 1120. The summed E-state index contributed by atoms with van der Waals surface area (Å²) in [5, 5.41) is 5.39. The molecule has 0 saturated carbocycles. The van der Waals surface area contributed by atoms with Crippen LogP contribution in [0.2, 0.25) is 0 Å². The number of carbonyl (C=O) groups excluding carboxylic acids is 1. The third kappa shape index (κ3) is 5.25. The lowest BCUT2D eigenvalue weighted by Gasteiger charge is -2.15. The van der Waals surface area contributed by atoms with Gasteiger partial charge in [-0.05, 0) is 36.8 Å². The van der Waals surface area contributed by atoms with Gasteiger partial charge >= 0.3 is 0 Å².